The van der Waals surface area contributed by atoms with Crippen molar-refractivity contribution >= 4 is 5.69 Å². The largest absolute Gasteiger partial charge is 0.381 e. The van der Waals surface area contributed by atoms with Crippen molar-refractivity contribution in [2.24, 2.45) is 0 Å². The van der Waals surface area contributed by atoms with Gasteiger partial charge in [0.2, 0.25) is 0 Å². The monoisotopic (exact) mass is 216 g/mol. The summed E-state index contributed by atoms with van der Waals surface area (Å²) in [7, 11) is 0. The van der Waals surface area contributed by atoms with E-state index in [9.17, 15) is 0 Å². The fraction of sp³-hybridized carbons (Fsp3) is 0.571. The molecule has 2 heterocycles. The molecule has 2 aliphatic heterocycles. The lowest BCUT2D eigenvalue weighted by molar-refractivity contribution is 0.314. The molecule has 0 radical (unpaired) electrons. The van der Waals surface area contributed by atoms with Gasteiger partial charge in [-0.2, -0.15) is 0 Å². The Bertz CT molecular complexity index is 356. The molecule has 2 aliphatic rings. The molecule has 0 saturated carbocycles. The van der Waals surface area contributed by atoms with Crippen LogP contribution in [0.4, 0.5) is 5.69 Å². The van der Waals surface area contributed by atoms with Gasteiger partial charge in [-0.1, -0.05) is 18.2 Å². The van der Waals surface area contributed by atoms with Crippen molar-refractivity contribution in [3.05, 3.63) is 29.8 Å². The lowest BCUT2D eigenvalue weighted by Crippen LogP contribution is -2.37. The number of anilines is 1. The Morgan fingerprint density at radius 3 is 2.88 bits per heavy atom. The van der Waals surface area contributed by atoms with Crippen LogP contribution in [0, 0.1) is 0 Å². The zero-order valence-electron chi connectivity index (χ0n) is 9.78. The number of rotatable bonds is 2. The minimum atomic E-state index is 0.660. The van der Waals surface area contributed by atoms with Crippen LogP contribution in [0.1, 0.15) is 24.8 Å². The first-order valence-electron chi connectivity index (χ1n) is 6.48. The number of aryl methyl sites for hydroxylation is 1. The van der Waals surface area contributed by atoms with Gasteiger partial charge in [0.05, 0.1) is 0 Å². The second kappa shape index (κ2) is 4.46. The van der Waals surface area contributed by atoms with Gasteiger partial charge in [0, 0.05) is 18.3 Å². The summed E-state index contributed by atoms with van der Waals surface area (Å²) in [4.78, 5) is 2.60. The quantitative estimate of drug-likeness (QED) is 0.817. The van der Waals surface area contributed by atoms with Gasteiger partial charge in [-0.25, -0.2) is 0 Å². The van der Waals surface area contributed by atoms with Gasteiger partial charge in [-0.3, -0.25) is 0 Å². The Morgan fingerprint density at radius 2 is 2.00 bits per heavy atom. The molecule has 1 aromatic rings. The number of fused-ring (bicyclic) bond motifs is 1. The normalized spacial score (nSPS) is 25.1. The van der Waals surface area contributed by atoms with E-state index >= 15 is 0 Å². The van der Waals surface area contributed by atoms with E-state index in [4.69, 9.17) is 0 Å². The smallest absolute Gasteiger partial charge is 0.0391 e. The maximum Gasteiger partial charge on any atom is 0.0391 e. The van der Waals surface area contributed by atoms with Gasteiger partial charge in [0.15, 0.2) is 0 Å². The number of benzene rings is 1. The van der Waals surface area contributed by atoms with Gasteiger partial charge in [-0.05, 0) is 50.4 Å². The maximum absolute atomic E-state index is 3.68. The van der Waals surface area contributed by atoms with Crippen molar-refractivity contribution in [2.45, 2.75) is 31.7 Å². The average molecular weight is 216 g/mol. The number of nitrogens with zero attached hydrogens (tertiary/aromatic N) is 1. The lowest BCUT2D eigenvalue weighted by atomic mass is 9.98. The van der Waals surface area contributed by atoms with Gasteiger partial charge in [-0.15, -0.1) is 0 Å². The van der Waals surface area contributed by atoms with E-state index in [1.807, 2.05) is 0 Å². The van der Waals surface area contributed by atoms with Crippen LogP contribution in [-0.4, -0.2) is 30.6 Å². The highest BCUT2D eigenvalue weighted by molar-refractivity contribution is 5.53. The lowest BCUT2D eigenvalue weighted by Gasteiger charge is -2.30. The van der Waals surface area contributed by atoms with Gasteiger partial charge in [0.1, 0.15) is 0 Å². The van der Waals surface area contributed by atoms with Crippen LogP contribution >= 0.6 is 0 Å². The molecule has 1 N–H and O–H groups in total. The third kappa shape index (κ3) is 2.07. The van der Waals surface area contributed by atoms with E-state index in [0.29, 0.717) is 6.04 Å². The van der Waals surface area contributed by atoms with E-state index in [1.165, 1.54) is 56.6 Å². The van der Waals surface area contributed by atoms with Crippen molar-refractivity contribution < 1.29 is 0 Å². The molecule has 0 aromatic heterocycles. The van der Waals surface area contributed by atoms with Gasteiger partial charge >= 0.3 is 0 Å². The van der Waals surface area contributed by atoms with Crippen molar-refractivity contribution in [3.8, 4) is 0 Å². The van der Waals surface area contributed by atoms with E-state index in [-0.39, 0.29) is 0 Å². The fourth-order valence-electron chi connectivity index (χ4n) is 2.91. The SMILES string of the molecule is c1ccc2c(c1)CCC(CN1CCCC1)N2. The molecule has 1 unspecified atom stereocenters. The number of nitrogens with one attached hydrogen (secondary N) is 1. The zero-order valence-corrected chi connectivity index (χ0v) is 9.78. The van der Waals surface area contributed by atoms with Crippen LogP contribution in [0.3, 0.4) is 0 Å². The summed E-state index contributed by atoms with van der Waals surface area (Å²) in [5.41, 5.74) is 2.85. The number of para-hydroxylation sites is 1. The third-order valence-electron chi connectivity index (χ3n) is 3.82. The van der Waals surface area contributed by atoms with E-state index in [0.717, 1.165) is 0 Å². The predicted octanol–water partition coefficient (Wildman–Crippen LogP) is 2.51. The summed E-state index contributed by atoms with van der Waals surface area (Å²) in [6.45, 7) is 3.84. The third-order valence-corrected chi connectivity index (χ3v) is 3.82. The van der Waals surface area contributed by atoms with Crippen LogP contribution in [-0.2, 0) is 6.42 Å². The first-order valence-corrected chi connectivity index (χ1v) is 6.48. The molecule has 1 aromatic carbocycles. The summed E-state index contributed by atoms with van der Waals surface area (Å²) >= 11 is 0. The van der Waals surface area contributed by atoms with Crippen molar-refractivity contribution in [2.75, 3.05) is 25.0 Å². The molecule has 16 heavy (non-hydrogen) atoms. The molecular weight excluding hydrogens is 196 g/mol. The van der Waals surface area contributed by atoms with E-state index in [1.54, 1.807) is 0 Å². The van der Waals surface area contributed by atoms with E-state index in [2.05, 4.69) is 34.5 Å². The molecule has 86 valence electrons. The molecule has 1 saturated heterocycles. The molecule has 2 heteroatoms. The average Bonchev–Trinajstić information content (AvgIpc) is 2.82. The molecule has 0 bridgehead atoms. The highest BCUT2D eigenvalue weighted by atomic mass is 15.2. The summed E-state index contributed by atoms with van der Waals surface area (Å²) in [6, 6.07) is 9.39. The van der Waals surface area contributed by atoms with Crippen LogP contribution in [0.5, 0.6) is 0 Å². The number of likely N-dealkylation sites (tertiary alicyclic amines) is 1. The second-order valence-corrected chi connectivity index (χ2v) is 5.04. The van der Waals surface area contributed by atoms with Crippen molar-refractivity contribution in [1.82, 2.24) is 4.90 Å². The molecule has 1 atom stereocenters. The van der Waals surface area contributed by atoms with E-state index < -0.39 is 0 Å². The Labute approximate surface area is 97.6 Å². The Kier molecular flexibility index (Phi) is 2.83. The summed E-state index contributed by atoms with van der Waals surface area (Å²) in [5, 5.41) is 3.68. The first kappa shape index (κ1) is 10.2. The Hall–Kier alpha value is -1.02. The molecule has 3 rings (SSSR count). The topological polar surface area (TPSA) is 15.3 Å². The first-order chi connectivity index (χ1) is 7.92. The number of hydrogen-bond acceptors (Lipinski definition) is 2. The molecule has 0 spiro atoms. The van der Waals surface area contributed by atoms with Gasteiger partial charge < -0.3 is 10.2 Å². The minimum absolute atomic E-state index is 0.660. The van der Waals surface area contributed by atoms with Crippen LogP contribution in [0.2, 0.25) is 0 Å². The minimum Gasteiger partial charge on any atom is -0.381 e. The van der Waals surface area contributed by atoms with Crippen LogP contribution in [0.25, 0.3) is 0 Å². The highest BCUT2D eigenvalue weighted by Gasteiger charge is 2.21. The highest BCUT2D eigenvalue weighted by Crippen LogP contribution is 2.25. The second-order valence-electron chi connectivity index (χ2n) is 5.04. The predicted molar refractivity (Wildman–Crippen MR) is 67.8 cm³/mol. The number of hydrogen-bond donors (Lipinski definition) is 1. The summed E-state index contributed by atoms with van der Waals surface area (Å²) in [6.07, 6.45) is 5.31. The van der Waals surface area contributed by atoms with Crippen molar-refractivity contribution in [3.63, 3.8) is 0 Å². The molecular formula is C14H20N2. The summed E-state index contributed by atoms with van der Waals surface area (Å²) in [5.74, 6) is 0. The molecule has 2 nitrogen and oxygen atoms in total. The molecule has 1 fully saturated rings. The zero-order chi connectivity index (χ0) is 10.8. The Balaban J connectivity index is 1.63. The Morgan fingerprint density at radius 1 is 1.19 bits per heavy atom. The van der Waals surface area contributed by atoms with Crippen LogP contribution in [0.15, 0.2) is 24.3 Å². The molecule has 0 aliphatic carbocycles. The summed E-state index contributed by atoms with van der Waals surface area (Å²) < 4.78 is 0. The van der Waals surface area contributed by atoms with Crippen molar-refractivity contribution in [1.29, 1.82) is 0 Å². The standard InChI is InChI=1S/C14H20N2/c1-2-6-14-12(5-1)7-8-13(15-14)11-16-9-3-4-10-16/h1-2,5-6,13,15H,3-4,7-11H2. The fourth-order valence-corrected chi connectivity index (χ4v) is 2.91. The van der Waals surface area contributed by atoms with Gasteiger partial charge in [0.25, 0.3) is 0 Å². The van der Waals surface area contributed by atoms with Crippen LogP contribution < -0.4 is 5.32 Å². The maximum atomic E-state index is 3.68. The molecule has 0 amide bonds.